The molecule has 0 aliphatic carbocycles. The van der Waals surface area contributed by atoms with Gasteiger partial charge in [-0.15, -0.1) is 12.4 Å². The van der Waals surface area contributed by atoms with E-state index in [9.17, 15) is 0 Å². The fourth-order valence-electron chi connectivity index (χ4n) is 2.21. The molecule has 0 unspecified atom stereocenters. The van der Waals surface area contributed by atoms with Gasteiger partial charge in [0, 0.05) is 6.54 Å². The van der Waals surface area contributed by atoms with Gasteiger partial charge in [0.05, 0.1) is 0 Å². The molecular formula is C17H30ClN. The van der Waals surface area contributed by atoms with Crippen molar-refractivity contribution < 1.29 is 0 Å². The minimum Gasteiger partial charge on any atom is -0.313 e. The van der Waals surface area contributed by atoms with Crippen molar-refractivity contribution in [2.24, 2.45) is 0 Å². The van der Waals surface area contributed by atoms with Gasteiger partial charge in [0.2, 0.25) is 0 Å². The first-order valence-corrected chi connectivity index (χ1v) is 7.68. The lowest BCUT2D eigenvalue weighted by atomic mass is 10.1. The first kappa shape index (κ1) is 18.5. The molecule has 0 radical (unpaired) electrons. The second-order valence-electron chi connectivity index (χ2n) is 5.14. The maximum absolute atomic E-state index is 3.51. The molecule has 2 heteroatoms. The second-order valence-corrected chi connectivity index (χ2v) is 5.14. The summed E-state index contributed by atoms with van der Waals surface area (Å²) < 4.78 is 0. The highest BCUT2D eigenvalue weighted by atomic mass is 35.5. The fourth-order valence-corrected chi connectivity index (χ4v) is 2.21. The highest BCUT2D eigenvalue weighted by molar-refractivity contribution is 5.85. The van der Waals surface area contributed by atoms with Crippen LogP contribution in [0, 0.1) is 0 Å². The number of rotatable bonds is 11. The molecule has 0 fully saturated rings. The van der Waals surface area contributed by atoms with Gasteiger partial charge in [0.1, 0.15) is 0 Å². The van der Waals surface area contributed by atoms with Gasteiger partial charge in [-0.25, -0.2) is 0 Å². The van der Waals surface area contributed by atoms with Gasteiger partial charge in [-0.3, -0.25) is 0 Å². The topological polar surface area (TPSA) is 12.0 Å². The zero-order valence-corrected chi connectivity index (χ0v) is 13.2. The van der Waals surface area contributed by atoms with Crippen LogP contribution in [0.4, 0.5) is 0 Å². The minimum absolute atomic E-state index is 0. The molecule has 0 saturated carbocycles. The highest BCUT2D eigenvalue weighted by Gasteiger charge is 1.93. The van der Waals surface area contributed by atoms with E-state index < -0.39 is 0 Å². The Bertz CT molecular complexity index is 274. The zero-order valence-electron chi connectivity index (χ0n) is 12.4. The van der Waals surface area contributed by atoms with Gasteiger partial charge >= 0.3 is 0 Å². The summed E-state index contributed by atoms with van der Waals surface area (Å²) in [5.74, 6) is 0. The van der Waals surface area contributed by atoms with Crippen molar-refractivity contribution in [3.8, 4) is 0 Å². The van der Waals surface area contributed by atoms with E-state index in [0.29, 0.717) is 0 Å². The first-order valence-electron chi connectivity index (χ1n) is 7.68. The molecule has 0 atom stereocenters. The van der Waals surface area contributed by atoms with Crippen LogP contribution in [0.5, 0.6) is 0 Å². The summed E-state index contributed by atoms with van der Waals surface area (Å²) in [6.45, 7) is 4.44. The molecule has 1 rings (SSSR count). The maximum Gasteiger partial charge on any atom is 0.0205 e. The molecule has 0 amide bonds. The molecule has 1 aromatic rings. The van der Waals surface area contributed by atoms with Crippen LogP contribution >= 0.6 is 12.4 Å². The Balaban J connectivity index is 0.00000324. The van der Waals surface area contributed by atoms with E-state index in [1.54, 1.807) is 0 Å². The summed E-state index contributed by atoms with van der Waals surface area (Å²) in [6.07, 6.45) is 11.2. The molecule has 0 heterocycles. The Morgan fingerprint density at radius 1 is 0.789 bits per heavy atom. The maximum atomic E-state index is 3.51. The van der Waals surface area contributed by atoms with Crippen molar-refractivity contribution in [3.63, 3.8) is 0 Å². The van der Waals surface area contributed by atoms with E-state index >= 15 is 0 Å². The quantitative estimate of drug-likeness (QED) is 0.541. The van der Waals surface area contributed by atoms with Gasteiger partial charge in [0.25, 0.3) is 0 Å². The van der Waals surface area contributed by atoms with E-state index in [-0.39, 0.29) is 12.4 Å². The smallest absolute Gasteiger partial charge is 0.0205 e. The van der Waals surface area contributed by atoms with Crippen LogP contribution in [0.3, 0.4) is 0 Å². The second kappa shape index (κ2) is 13.9. The summed E-state index contributed by atoms with van der Waals surface area (Å²) in [4.78, 5) is 0. The molecule has 19 heavy (non-hydrogen) atoms. The van der Waals surface area contributed by atoms with Crippen molar-refractivity contribution >= 4 is 12.4 Å². The monoisotopic (exact) mass is 283 g/mol. The predicted octanol–water partition coefficient (Wildman–Crippen LogP) is 5.34. The van der Waals surface area contributed by atoms with Crippen LogP contribution in [0.25, 0.3) is 0 Å². The third-order valence-corrected chi connectivity index (χ3v) is 3.38. The molecule has 1 nitrogen and oxygen atoms in total. The van der Waals surface area contributed by atoms with Crippen LogP contribution in [0.1, 0.15) is 63.9 Å². The lowest BCUT2D eigenvalue weighted by Gasteiger charge is -2.05. The third kappa shape index (κ3) is 11.0. The van der Waals surface area contributed by atoms with E-state index in [4.69, 9.17) is 0 Å². The minimum atomic E-state index is 0. The van der Waals surface area contributed by atoms with E-state index in [2.05, 4.69) is 42.6 Å². The summed E-state index contributed by atoms with van der Waals surface area (Å²) >= 11 is 0. The van der Waals surface area contributed by atoms with Crippen molar-refractivity contribution in [3.05, 3.63) is 35.9 Å². The van der Waals surface area contributed by atoms with Crippen molar-refractivity contribution in [1.82, 2.24) is 5.32 Å². The van der Waals surface area contributed by atoms with E-state index in [0.717, 1.165) is 13.1 Å². The average molecular weight is 284 g/mol. The molecule has 0 spiro atoms. The first-order chi connectivity index (χ1) is 8.93. The molecule has 1 N–H and O–H groups in total. The van der Waals surface area contributed by atoms with Gasteiger partial charge < -0.3 is 5.32 Å². The standard InChI is InChI=1S/C17H29N.ClH/c1-2-3-4-5-6-7-8-12-15-18-16-17-13-10-9-11-14-17;/h9-11,13-14,18H,2-8,12,15-16H2,1H3;1H. The molecule has 0 aliphatic rings. The zero-order chi connectivity index (χ0) is 12.9. The highest BCUT2D eigenvalue weighted by Crippen LogP contribution is 2.08. The Morgan fingerprint density at radius 2 is 1.37 bits per heavy atom. The van der Waals surface area contributed by atoms with Gasteiger partial charge in [-0.1, -0.05) is 82.2 Å². The van der Waals surface area contributed by atoms with Crippen LogP contribution < -0.4 is 5.32 Å². The molecule has 0 saturated heterocycles. The van der Waals surface area contributed by atoms with Crippen molar-refractivity contribution in [2.75, 3.05) is 6.54 Å². The van der Waals surface area contributed by atoms with Crippen LogP contribution in [0.2, 0.25) is 0 Å². The molecule has 110 valence electrons. The lowest BCUT2D eigenvalue weighted by Crippen LogP contribution is -2.14. The molecule has 0 aliphatic heterocycles. The fraction of sp³-hybridized carbons (Fsp3) is 0.647. The van der Waals surface area contributed by atoms with E-state index in [1.807, 2.05) is 0 Å². The molecule has 0 aromatic heterocycles. The number of hydrogen-bond acceptors (Lipinski definition) is 1. The number of unbranched alkanes of at least 4 members (excludes halogenated alkanes) is 7. The van der Waals surface area contributed by atoms with Crippen molar-refractivity contribution in [2.45, 2.75) is 64.8 Å². The SMILES string of the molecule is CCCCCCCCCCNCc1ccccc1.Cl. The largest absolute Gasteiger partial charge is 0.313 e. The van der Waals surface area contributed by atoms with E-state index in [1.165, 1.54) is 56.9 Å². The van der Waals surface area contributed by atoms with Gasteiger partial charge in [-0.2, -0.15) is 0 Å². The molecule has 0 bridgehead atoms. The summed E-state index contributed by atoms with van der Waals surface area (Å²) in [5.41, 5.74) is 1.39. The van der Waals surface area contributed by atoms with Crippen LogP contribution in [-0.2, 0) is 6.54 Å². The molecular weight excluding hydrogens is 254 g/mol. The summed E-state index contributed by atoms with van der Waals surface area (Å²) in [7, 11) is 0. The molecule has 1 aromatic carbocycles. The van der Waals surface area contributed by atoms with Crippen molar-refractivity contribution in [1.29, 1.82) is 0 Å². The van der Waals surface area contributed by atoms with Crippen LogP contribution in [-0.4, -0.2) is 6.54 Å². The Labute approximate surface area is 125 Å². The average Bonchev–Trinajstić information content (AvgIpc) is 2.42. The summed E-state index contributed by atoms with van der Waals surface area (Å²) in [5, 5.41) is 3.51. The predicted molar refractivity (Wildman–Crippen MR) is 88.0 cm³/mol. The Kier molecular flexibility index (Phi) is 13.5. The normalized spacial score (nSPS) is 10.2. The van der Waals surface area contributed by atoms with Crippen LogP contribution in [0.15, 0.2) is 30.3 Å². The number of benzene rings is 1. The van der Waals surface area contributed by atoms with Gasteiger partial charge in [-0.05, 0) is 18.5 Å². The Morgan fingerprint density at radius 3 is 2.00 bits per heavy atom. The summed E-state index contributed by atoms with van der Waals surface area (Å²) in [6, 6.07) is 10.6. The Hall–Kier alpha value is -0.530. The third-order valence-electron chi connectivity index (χ3n) is 3.38. The lowest BCUT2D eigenvalue weighted by molar-refractivity contribution is 0.555. The number of hydrogen-bond donors (Lipinski definition) is 1. The van der Waals surface area contributed by atoms with Gasteiger partial charge in [0.15, 0.2) is 0 Å². The number of nitrogens with one attached hydrogen (secondary N) is 1. The number of halogens is 1.